The summed E-state index contributed by atoms with van der Waals surface area (Å²) in [6, 6.07) is 13.0. The Morgan fingerprint density at radius 2 is 1.65 bits per heavy atom. The summed E-state index contributed by atoms with van der Waals surface area (Å²) in [6.07, 6.45) is -4.29. The van der Waals surface area contributed by atoms with Crippen LogP contribution in [-0.2, 0) is 6.18 Å². The monoisotopic (exact) mass is 278 g/mol. The van der Waals surface area contributed by atoms with E-state index in [9.17, 15) is 13.2 Å². The van der Waals surface area contributed by atoms with Crippen molar-refractivity contribution in [2.24, 2.45) is 0 Å². The smallest absolute Gasteiger partial charge is 0.372 e. The molecule has 2 aromatic carbocycles. The highest BCUT2D eigenvalue weighted by molar-refractivity contribution is 5.56. The van der Waals surface area contributed by atoms with Gasteiger partial charge in [-0.25, -0.2) is 0 Å². The second kappa shape index (κ2) is 4.83. The second-order valence-electron chi connectivity index (χ2n) is 4.70. The number of para-hydroxylation sites is 1. The van der Waals surface area contributed by atoms with Crippen LogP contribution in [0.15, 0.2) is 48.5 Å². The summed E-state index contributed by atoms with van der Waals surface area (Å²) in [4.78, 5) is 0. The van der Waals surface area contributed by atoms with Crippen molar-refractivity contribution in [3.05, 3.63) is 65.2 Å². The van der Waals surface area contributed by atoms with Gasteiger partial charge in [0.2, 0.25) is 0 Å². The van der Waals surface area contributed by atoms with E-state index in [-0.39, 0.29) is 6.04 Å². The first-order valence-electron chi connectivity index (χ1n) is 6.29. The van der Waals surface area contributed by atoms with Gasteiger partial charge in [0.1, 0.15) is 0 Å². The molecule has 0 saturated heterocycles. The quantitative estimate of drug-likeness (QED) is 0.829. The Bertz CT molecular complexity index is 605. The van der Waals surface area contributed by atoms with Crippen LogP contribution < -0.4 is 10.6 Å². The van der Waals surface area contributed by atoms with E-state index in [1.807, 2.05) is 24.3 Å². The number of nitrogens with one attached hydrogen (secondary N) is 2. The molecule has 0 aromatic heterocycles. The fourth-order valence-electron chi connectivity index (χ4n) is 2.43. The van der Waals surface area contributed by atoms with Crippen molar-refractivity contribution in [1.29, 1.82) is 0 Å². The van der Waals surface area contributed by atoms with Gasteiger partial charge in [0.05, 0.1) is 18.3 Å². The first-order chi connectivity index (χ1) is 9.55. The Kier molecular flexibility index (Phi) is 3.14. The molecule has 2 aromatic rings. The summed E-state index contributed by atoms with van der Waals surface area (Å²) in [5, 5.41) is 6.46. The molecular weight excluding hydrogens is 265 g/mol. The molecule has 0 radical (unpaired) electrons. The zero-order valence-electron chi connectivity index (χ0n) is 10.5. The predicted molar refractivity (Wildman–Crippen MR) is 71.4 cm³/mol. The Morgan fingerprint density at radius 3 is 2.35 bits per heavy atom. The normalized spacial score (nSPS) is 18.2. The molecule has 0 bridgehead atoms. The maximum atomic E-state index is 12.6. The fraction of sp³-hybridized carbons (Fsp3) is 0.200. The lowest BCUT2D eigenvalue weighted by atomic mass is 9.95. The summed E-state index contributed by atoms with van der Waals surface area (Å²) >= 11 is 0. The molecule has 0 fully saturated rings. The fourth-order valence-corrected chi connectivity index (χ4v) is 2.43. The Morgan fingerprint density at radius 1 is 0.950 bits per heavy atom. The van der Waals surface area contributed by atoms with Gasteiger partial charge < -0.3 is 5.32 Å². The van der Waals surface area contributed by atoms with E-state index in [0.29, 0.717) is 6.67 Å². The summed E-state index contributed by atoms with van der Waals surface area (Å²) in [7, 11) is 0. The summed E-state index contributed by atoms with van der Waals surface area (Å²) in [6.45, 7) is 0.586. The lowest BCUT2D eigenvalue weighted by Crippen LogP contribution is -2.33. The maximum absolute atomic E-state index is 12.6. The molecule has 104 valence electrons. The molecule has 3 rings (SSSR count). The number of benzene rings is 2. The highest BCUT2D eigenvalue weighted by Gasteiger charge is 2.30. The van der Waals surface area contributed by atoms with Crippen LogP contribution in [-0.4, -0.2) is 6.67 Å². The van der Waals surface area contributed by atoms with Crippen LogP contribution in [0.4, 0.5) is 18.9 Å². The molecule has 1 atom stereocenters. The van der Waals surface area contributed by atoms with Crippen LogP contribution in [0.2, 0.25) is 0 Å². The Hall–Kier alpha value is -2.01. The molecule has 0 amide bonds. The number of fused-ring (bicyclic) bond motifs is 1. The van der Waals surface area contributed by atoms with Gasteiger partial charge in [-0.2, -0.15) is 13.2 Å². The maximum Gasteiger partial charge on any atom is 0.416 e. The number of rotatable bonds is 1. The first kappa shape index (κ1) is 13.0. The van der Waals surface area contributed by atoms with Crippen LogP contribution in [0, 0.1) is 0 Å². The standard InChI is InChI=1S/C15H13F3N2/c16-15(17,18)11-7-5-10(6-8-11)14-12-3-1-2-4-13(12)19-9-20-14/h1-8,14,19-20H,9H2/t14-/m0/s1. The SMILES string of the molecule is FC(F)(F)c1ccc([C@@H]2NCNc3ccccc32)cc1. The van der Waals surface area contributed by atoms with Gasteiger partial charge in [0.15, 0.2) is 0 Å². The average Bonchev–Trinajstić information content (AvgIpc) is 2.46. The summed E-state index contributed by atoms with van der Waals surface area (Å²) in [5.41, 5.74) is 2.25. The minimum Gasteiger partial charge on any atom is -0.372 e. The molecule has 1 heterocycles. The summed E-state index contributed by atoms with van der Waals surface area (Å²) in [5.74, 6) is 0. The summed E-state index contributed by atoms with van der Waals surface area (Å²) < 4.78 is 37.7. The lowest BCUT2D eigenvalue weighted by molar-refractivity contribution is -0.137. The zero-order valence-corrected chi connectivity index (χ0v) is 10.5. The molecule has 2 N–H and O–H groups in total. The van der Waals surface area contributed by atoms with Gasteiger partial charge in [0, 0.05) is 5.69 Å². The van der Waals surface area contributed by atoms with Gasteiger partial charge in [-0.05, 0) is 29.3 Å². The molecular formula is C15H13F3N2. The van der Waals surface area contributed by atoms with Crippen molar-refractivity contribution in [2.45, 2.75) is 12.2 Å². The topological polar surface area (TPSA) is 24.1 Å². The number of hydrogen-bond acceptors (Lipinski definition) is 2. The van der Waals surface area contributed by atoms with E-state index in [2.05, 4.69) is 10.6 Å². The lowest BCUT2D eigenvalue weighted by Gasteiger charge is -2.28. The number of alkyl halides is 3. The van der Waals surface area contributed by atoms with E-state index in [1.165, 1.54) is 12.1 Å². The molecule has 1 aliphatic heterocycles. The van der Waals surface area contributed by atoms with Crippen LogP contribution in [0.3, 0.4) is 0 Å². The third kappa shape index (κ3) is 2.36. The molecule has 0 aliphatic carbocycles. The van der Waals surface area contributed by atoms with Crippen molar-refractivity contribution in [2.75, 3.05) is 12.0 Å². The van der Waals surface area contributed by atoms with E-state index < -0.39 is 11.7 Å². The molecule has 20 heavy (non-hydrogen) atoms. The van der Waals surface area contributed by atoms with Gasteiger partial charge in [-0.3, -0.25) is 5.32 Å². The highest BCUT2D eigenvalue weighted by atomic mass is 19.4. The molecule has 5 heteroatoms. The van der Waals surface area contributed by atoms with Crippen molar-refractivity contribution in [3.8, 4) is 0 Å². The van der Waals surface area contributed by atoms with Gasteiger partial charge in [-0.1, -0.05) is 30.3 Å². The molecule has 0 spiro atoms. The molecule has 0 unspecified atom stereocenters. The first-order valence-corrected chi connectivity index (χ1v) is 6.29. The minimum absolute atomic E-state index is 0.0882. The van der Waals surface area contributed by atoms with E-state index >= 15 is 0 Å². The van der Waals surface area contributed by atoms with Gasteiger partial charge >= 0.3 is 6.18 Å². The molecule has 0 saturated carbocycles. The Balaban J connectivity index is 1.95. The molecule has 1 aliphatic rings. The number of hydrogen-bond donors (Lipinski definition) is 2. The van der Waals surface area contributed by atoms with Crippen LogP contribution in [0.1, 0.15) is 22.7 Å². The van der Waals surface area contributed by atoms with E-state index in [4.69, 9.17) is 0 Å². The van der Waals surface area contributed by atoms with Crippen LogP contribution in [0.5, 0.6) is 0 Å². The average molecular weight is 278 g/mol. The second-order valence-corrected chi connectivity index (χ2v) is 4.70. The predicted octanol–water partition coefficient (Wildman–Crippen LogP) is 3.77. The Labute approximate surface area is 114 Å². The van der Waals surface area contributed by atoms with Gasteiger partial charge in [-0.15, -0.1) is 0 Å². The highest BCUT2D eigenvalue weighted by Crippen LogP contribution is 2.33. The van der Waals surface area contributed by atoms with Gasteiger partial charge in [0.25, 0.3) is 0 Å². The molecule has 2 nitrogen and oxygen atoms in total. The third-order valence-corrected chi connectivity index (χ3v) is 3.43. The third-order valence-electron chi connectivity index (χ3n) is 3.43. The minimum atomic E-state index is -4.29. The largest absolute Gasteiger partial charge is 0.416 e. The zero-order chi connectivity index (χ0) is 14.2. The van der Waals surface area contributed by atoms with E-state index in [0.717, 1.165) is 28.9 Å². The van der Waals surface area contributed by atoms with Crippen LogP contribution in [0.25, 0.3) is 0 Å². The number of anilines is 1. The van der Waals surface area contributed by atoms with Crippen molar-refractivity contribution in [3.63, 3.8) is 0 Å². The van der Waals surface area contributed by atoms with E-state index in [1.54, 1.807) is 0 Å². The van der Waals surface area contributed by atoms with Crippen molar-refractivity contribution in [1.82, 2.24) is 5.32 Å². The van der Waals surface area contributed by atoms with Crippen molar-refractivity contribution >= 4 is 5.69 Å². The van der Waals surface area contributed by atoms with Crippen LogP contribution >= 0.6 is 0 Å². The number of halogens is 3. The van der Waals surface area contributed by atoms with Crippen molar-refractivity contribution < 1.29 is 13.2 Å².